The van der Waals surface area contributed by atoms with Gasteiger partial charge >= 0.3 is 0 Å². The van der Waals surface area contributed by atoms with Crippen LogP contribution in [0.5, 0.6) is 5.75 Å². The number of hydrogen-bond acceptors (Lipinski definition) is 4. The Morgan fingerprint density at radius 3 is 2.44 bits per heavy atom. The quantitative estimate of drug-likeness (QED) is 0.638. The summed E-state index contributed by atoms with van der Waals surface area (Å²) in [6, 6.07) is 11.2. The predicted octanol–water partition coefficient (Wildman–Crippen LogP) is 3.38. The van der Waals surface area contributed by atoms with Crippen molar-refractivity contribution in [3.63, 3.8) is 0 Å². The van der Waals surface area contributed by atoms with Gasteiger partial charge in [0.2, 0.25) is 10.0 Å². The normalized spacial score (nSPS) is 11.2. The molecule has 0 fully saturated rings. The van der Waals surface area contributed by atoms with Gasteiger partial charge in [0, 0.05) is 18.1 Å². The molecule has 0 heterocycles. The number of carbonyl (C=O) groups is 1. The van der Waals surface area contributed by atoms with E-state index in [-0.39, 0.29) is 28.2 Å². The van der Waals surface area contributed by atoms with E-state index in [0.717, 1.165) is 5.56 Å². The number of rotatable bonds is 9. The van der Waals surface area contributed by atoms with Crippen LogP contribution in [0.3, 0.4) is 0 Å². The summed E-state index contributed by atoms with van der Waals surface area (Å²) in [5.74, 6) is -0.102. The van der Waals surface area contributed by atoms with Crippen molar-refractivity contribution >= 4 is 39.1 Å². The molecule has 0 radical (unpaired) electrons. The third-order valence-corrected chi connectivity index (χ3v) is 5.52. The van der Waals surface area contributed by atoms with E-state index < -0.39 is 10.0 Å². The Morgan fingerprint density at radius 1 is 1.11 bits per heavy atom. The molecule has 6 nitrogen and oxygen atoms in total. The maximum Gasteiger partial charge on any atom is 0.258 e. The van der Waals surface area contributed by atoms with Crippen LogP contribution in [-0.2, 0) is 21.4 Å². The molecule has 27 heavy (non-hydrogen) atoms. The van der Waals surface area contributed by atoms with Crippen molar-refractivity contribution in [2.45, 2.75) is 24.8 Å². The number of hydrogen-bond donors (Lipinski definition) is 2. The van der Waals surface area contributed by atoms with Crippen LogP contribution < -0.4 is 14.8 Å². The number of sulfonamides is 1. The molecular weight excluding hydrogens is 411 g/mol. The van der Waals surface area contributed by atoms with Crippen LogP contribution in [0.25, 0.3) is 0 Å². The van der Waals surface area contributed by atoms with Gasteiger partial charge < -0.3 is 10.1 Å². The first-order valence-corrected chi connectivity index (χ1v) is 10.5. The highest BCUT2D eigenvalue weighted by Crippen LogP contribution is 2.27. The first-order valence-electron chi connectivity index (χ1n) is 8.25. The fourth-order valence-electron chi connectivity index (χ4n) is 2.08. The molecule has 0 aliphatic rings. The van der Waals surface area contributed by atoms with E-state index in [9.17, 15) is 13.2 Å². The molecule has 0 spiro atoms. The maximum absolute atomic E-state index is 12.1. The van der Waals surface area contributed by atoms with Crippen LogP contribution in [0, 0.1) is 0 Å². The molecule has 0 bridgehead atoms. The second-order valence-corrected chi connectivity index (χ2v) is 8.29. The average Bonchev–Trinajstić information content (AvgIpc) is 2.65. The summed E-state index contributed by atoms with van der Waals surface area (Å²) in [6.07, 6.45) is 0.680. The number of nitrogens with one attached hydrogen (secondary N) is 2. The summed E-state index contributed by atoms with van der Waals surface area (Å²) in [6.45, 7) is 2.30. The lowest BCUT2D eigenvalue weighted by Crippen LogP contribution is -2.28. The third kappa shape index (κ3) is 6.70. The van der Waals surface area contributed by atoms with Crippen LogP contribution >= 0.6 is 23.2 Å². The van der Waals surface area contributed by atoms with Gasteiger partial charge in [-0.05, 0) is 42.3 Å². The van der Waals surface area contributed by atoms with Crippen LogP contribution in [0.2, 0.25) is 10.0 Å². The van der Waals surface area contributed by atoms with Gasteiger partial charge in [0.05, 0.1) is 9.92 Å². The highest BCUT2D eigenvalue weighted by molar-refractivity contribution is 7.89. The Balaban J connectivity index is 1.89. The number of benzene rings is 2. The van der Waals surface area contributed by atoms with Crippen molar-refractivity contribution in [3.8, 4) is 5.75 Å². The summed E-state index contributed by atoms with van der Waals surface area (Å²) >= 11 is 11.9. The monoisotopic (exact) mass is 430 g/mol. The highest BCUT2D eigenvalue weighted by atomic mass is 35.5. The molecule has 1 amide bonds. The molecule has 0 atom stereocenters. The van der Waals surface area contributed by atoms with E-state index in [1.807, 2.05) is 19.1 Å². The Labute approximate surface area is 168 Å². The van der Waals surface area contributed by atoms with Gasteiger partial charge in [-0.1, -0.05) is 42.3 Å². The minimum absolute atomic E-state index is 0.0421. The molecule has 0 unspecified atom stereocenters. The maximum atomic E-state index is 12.1. The third-order valence-electron chi connectivity index (χ3n) is 3.52. The fourth-order valence-corrected chi connectivity index (χ4v) is 3.67. The first kappa shape index (κ1) is 21.5. The number of halogens is 2. The van der Waals surface area contributed by atoms with Crippen molar-refractivity contribution in [2.75, 3.05) is 13.2 Å². The largest absolute Gasteiger partial charge is 0.482 e. The zero-order valence-electron chi connectivity index (χ0n) is 14.7. The minimum Gasteiger partial charge on any atom is -0.482 e. The van der Waals surface area contributed by atoms with Crippen LogP contribution in [0.1, 0.15) is 18.9 Å². The van der Waals surface area contributed by atoms with Crippen LogP contribution in [0.4, 0.5) is 0 Å². The Morgan fingerprint density at radius 2 is 1.81 bits per heavy atom. The number of carbonyl (C=O) groups excluding carboxylic acids is 1. The van der Waals surface area contributed by atoms with E-state index in [2.05, 4.69) is 10.0 Å². The summed E-state index contributed by atoms with van der Waals surface area (Å²) in [5, 5.41) is 3.45. The molecule has 0 aliphatic heterocycles. The lowest BCUT2D eigenvalue weighted by molar-refractivity contribution is -0.123. The first-order chi connectivity index (χ1) is 12.8. The van der Waals surface area contributed by atoms with E-state index >= 15 is 0 Å². The van der Waals surface area contributed by atoms with E-state index in [1.54, 1.807) is 12.1 Å². The Bertz CT molecular complexity index is 887. The zero-order valence-corrected chi connectivity index (χ0v) is 17.0. The van der Waals surface area contributed by atoms with Crippen molar-refractivity contribution in [3.05, 3.63) is 58.1 Å². The average molecular weight is 431 g/mol. The van der Waals surface area contributed by atoms with Gasteiger partial charge in [-0.3, -0.25) is 4.79 Å². The molecule has 2 rings (SSSR count). The summed E-state index contributed by atoms with van der Waals surface area (Å²) in [4.78, 5) is 11.9. The van der Waals surface area contributed by atoms with Gasteiger partial charge in [0.15, 0.2) is 6.61 Å². The molecule has 0 saturated carbocycles. The molecule has 9 heteroatoms. The summed E-state index contributed by atoms with van der Waals surface area (Å²) in [5.41, 5.74) is 0.903. The lowest BCUT2D eigenvalue weighted by atomic mass is 10.2. The molecule has 0 aliphatic carbocycles. The second kappa shape index (κ2) is 9.94. The van der Waals surface area contributed by atoms with Gasteiger partial charge in [-0.2, -0.15) is 0 Å². The van der Waals surface area contributed by atoms with Gasteiger partial charge in [-0.25, -0.2) is 13.1 Å². The number of ether oxygens (including phenoxy) is 1. The lowest BCUT2D eigenvalue weighted by Gasteiger charge is -2.11. The van der Waals surface area contributed by atoms with Crippen molar-refractivity contribution in [2.24, 2.45) is 0 Å². The van der Waals surface area contributed by atoms with E-state index in [4.69, 9.17) is 27.9 Å². The fraction of sp³-hybridized carbons (Fsp3) is 0.278. The van der Waals surface area contributed by atoms with Crippen molar-refractivity contribution < 1.29 is 17.9 Å². The summed E-state index contributed by atoms with van der Waals surface area (Å²) < 4.78 is 32.0. The topological polar surface area (TPSA) is 84.5 Å². The molecule has 146 valence electrons. The standard InChI is InChI=1S/C18H20Cl2N2O4S/c1-2-9-22-27(24,25)15-7-8-17(16(20)10-15)26-12-18(23)21-11-13-3-5-14(19)6-4-13/h3-8,10,22H,2,9,11-12H2,1H3,(H,21,23). The van der Waals surface area contributed by atoms with E-state index in [1.165, 1.54) is 18.2 Å². The smallest absolute Gasteiger partial charge is 0.258 e. The highest BCUT2D eigenvalue weighted by Gasteiger charge is 2.15. The SMILES string of the molecule is CCCNS(=O)(=O)c1ccc(OCC(=O)NCc2ccc(Cl)cc2)c(Cl)c1. The van der Waals surface area contributed by atoms with Crippen molar-refractivity contribution in [1.82, 2.24) is 10.0 Å². The molecule has 0 aromatic heterocycles. The second-order valence-electron chi connectivity index (χ2n) is 5.68. The number of amides is 1. The van der Waals surface area contributed by atoms with Gasteiger partial charge in [0.1, 0.15) is 5.75 Å². The molecule has 2 aromatic rings. The Hall–Kier alpha value is -1.80. The molecule has 2 aromatic carbocycles. The minimum atomic E-state index is -3.61. The molecule has 2 N–H and O–H groups in total. The van der Waals surface area contributed by atoms with Crippen LogP contribution in [0.15, 0.2) is 47.4 Å². The molecular formula is C18H20Cl2N2O4S. The van der Waals surface area contributed by atoms with Crippen LogP contribution in [-0.4, -0.2) is 27.5 Å². The summed E-state index contributed by atoms with van der Waals surface area (Å²) in [7, 11) is -3.61. The van der Waals surface area contributed by atoms with Gasteiger partial charge in [-0.15, -0.1) is 0 Å². The Kier molecular flexibility index (Phi) is 7.91. The zero-order chi connectivity index (χ0) is 19.9. The van der Waals surface area contributed by atoms with E-state index in [0.29, 0.717) is 24.5 Å². The predicted molar refractivity (Wildman–Crippen MR) is 106 cm³/mol. The molecule has 0 saturated heterocycles. The van der Waals surface area contributed by atoms with Gasteiger partial charge in [0.25, 0.3) is 5.91 Å². The van der Waals surface area contributed by atoms with Crippen molar-refractivity contribution in [1.29, 1.82) is 0 Å².